The van der Waals surface area contributed by atoms with Crippen molar-refractivity contribution in [2.24, 2.45) is 0 Å². The SMILES string of the molecule is COc1nc2nnc(-c3ccccc3)nc2c(=N)[nH]1. The Morgan fingerprint density at radius 2 is 1.89 bits per heavy atom. The van der Waals surface area contributed by atoms with Crippen LogP contribution in [-0.2, 0) is 0 Å². The second kappa shape index (κ2) is 4.45. The molecule has 1 aromatic carbocycles. The quantitative estimate of drug-likeness (QED) is 0.707. The van der Waals surface area contributed by atoms with Crippen LogP contribution in [0.5, 0.6) is 6.01 Å². The van der Waals surface area contributed by atoms with Gasteiger partial charge in [-0.05, 0) is 0 Å². The van der Waals surface area contributed by atoms with Gasteiger partial charge in [0.15, 0.2) is 16.8 Å². The number of ether oxygens (including phenoxy) is 1. The first-order valence-corrected chi connectivity index (χ1v) is 5.56. The van der Waals surface area contributed by atoms with Gasteiger partial charge in [-0.1, -0.05) is 30.3 Å². The van der Waals surface area contributed by atoms with Crippen molar-refractivity contribution in [2.45, 2.75) is 0 Å². The second-order valence-electron chi connectivity index (χ2n) is 3.79. The number of methoxy groups -OCH3 is 1. The largest absolute Gasteiger partial charge is 0.468 e. The minimum absolute atomic E-state index is 0.0916. The van der Waals surface area contributed by atoms with Crippen LogP contribution in [0.4, 0.5) is 0 Å². The van der Waals surface area contributed by atoms with E-state index in [4.69, 9.17) is 10.1 Å². The van der Waals surface area contributed by atoms with E-state index >= 15 is 0 Å². The lowest BCUT2D eigenvalue weighted by Crippen LogP contribution is -2.13. The number of nitrogens with one attached hydrogen (secondary N) is 2. The Balaban J connectivity index is 2.22. The van der Waals surface area contributed by atoms with E-state index in [1.165, 1.54) is 7.11 Å². The highest BCUT2D eigenvalue weighted by molar-refractivity contribution is 5.70. The number of hydrogen-bond acceptors (Lipinski definition) is 6. The molecule has 0 fully saturated rings. The molecule has 2 heterocycles. The summed E-state index contributed by atoms with van der Waals surface area (Å²) >= 11 is 0. The molecular weight excluding hydrogens is 244 g/mol. The summed E-state index contributed by atoms with van der Waals surface area (Å²) in [6.45, 7) is 0. The van der Waals surface area contributed by atoms with Gasteiger partial charge in [0.05, 0.1) is 7.11 Å². The van der Waals surface area contributed by atoms with Crippen LogP contribution in [0.25, 0.3) is 22.6 Å². The number of aromatic amines is 1. The molecule has 2 N–H and O–H groups in total. The van der Waals surface area contributed by atoms with E-state index in [1.54, 1.807) is 0 Å². The van der Waals surface area contributed by atoms with E-state index in [2.05, 4.69) is 25.1 Å². The van der Waals surface area contributed by atoms with Crippen molar-refractivity contribution >= 4 is 11.2 Å². The summed E-state index contributed by atoms with van der Waals surface area (Å²) < 4.78 is 4.94. The molecule has 3 aromatic rings. The minimum atomic E-state index is 0.0916. The van der Waals surface area contributed by atoms with Gasteiger partial charge in [-0.15, -0.1) is 10.2 Å². The maximum atomic E-state index is 7.86. The summed E-state index contributed by atoms with van der Waals surface area (Å²) in [5.74, 6) is 0.460. The highest BCUT2D eigenvalue weighted by Crippen LogP contribution is 2.14. The molecule has 94 valence electrons. The molecule has 0 amide bonds. The molecule has 2 aromatic heterocycles. The lowest BCUT2D eigenvalue weighted by Gasteiger charge is -2.02. The van der Waals surface area contributed by atoms with Crippen LogP contribution in [0.3, 0.4) is 0 Å². The van der Waals surface area contributed by atoms with Crippen LogP contribution in [0.15, 0.2) is 30.3 Å². The van der Waals surface area contributed by atoms with Crippen LogP contribution >= 0.6 is 0 Å². The molecule has 19 heavy (non-hydrogen) atoms. The van der Waals surface area contributed by atoms with Crippen LogP contribution in [0, 0.1) is 5.41 Å². The molecule has 7 heteroatoms. The number of H-pyrrole nitrogens is 1. The van der Waals surface area contributed by atoms with Crippen LogP contribution < -0.4 is 10.2 Å². The molecule has 0 saturated carbocycles. The van der Waals surface area contributed by atoms with Crippen LogP contribution in [0.2, 0.25) is 0 Å². The molecule has 7 nitrogen and oxygen atoms in total. The van der Waals surface area contributed by atoms with E-state index in [-0.39, 0.29) is 17.1 Å². The predicted molar refractivity (Wildman–Crippen MR) is 67.3 cm³/mol. The summed E-state index contributed by atoms with van der Waals surface area (Å²) in [5, 5.41) is 15.9. The lowest BCUT2D eigenvalue weighted by atomic mass is 10.2. The Labute approximate surface area is 107 Å². The third-order valence-corrected chi connectivity index (χ3v) is 2.57. The van der Waals surface area contributed by atoms with Gasteiger partial charge in [0, 0.05) is 5.56 Å². The lowest BCUT2D eigenvalue weighted by molar-refractivity contribution is 0.379. The predicted octanol–water partition coefficient (Wildman–Crippen LogP) is 0.903. The van der Waals surface area contributed by atoms with Crippen molar-refractivity contribution < 1.29 is 4.74 Å². The fourth-order valence-electron chi connectivity index (χ4n) is 1.66. The van der Waals surface area contributed by atoms with Crippen molar-refractivity contribution in [2.75, 3.05) is 7.11 Å². The maximum absolute atomic E-state index is 7.86. The molecule has 0 aliphatic carbocycles. The van der Waals surface area contributed by atoms with Crippen LogP contribution in [0.1, 0.15) is 0 Å². The number of nitrogens with zero attached hydrogens (tertiary/aromatic N) is 4. The zero-order valence-electron chi connectivity index (χ0n) is 10.1. The zero-order valence-corrected chi connectivity index (χ0v) is 10.1. The van der Waals surface area contributed by atoms with E-state index < -0.39 is 0 Å². The van der Waals surface area contributed by atoms with Gasteiger partial charge in [-0.2, -0.15) is 4.98 Å². The summed E-state index contributed by atoms with van der Waals surface area (Å²) in [5.41, 5.74) is 1.57. The number of aromatic nitrogens is 5. The molecule has 0 aliphatic heterocycles. The zero-order chi connectivity index (χ0) is 13.2. The monoisotopic (exact) mass is 254 g/mol. The number of fused-ring (bicyclic) bond motifs is 1. The number of benzene rings is 1. The van der Waals surface area contributed by atoms with Crippen molar-refractivity contribution in [3.8, 4) is 17.4 Å². The highest BCUT2D eigenvalue weighted by Gasteiger charge is 2.08. The molecule has 0 aliphatic rings. The summed E-state index contributed by atoms with van der Waals surface area (Å²) in [4.78, 5) is 11.0. The Bertz CT molecular complexity index is 783. The van der Waals surface area contributed by atoms with Crippen LogP contribution in [-0.4, -0.2) is 32.3 Å². The van der Waals surface area contributed by atoms with Gasteiger partial charge < -0.3 is 4.74 Å². The molecule has 0 spiro atoms. The normalized spacial score (nSPS) is 10.6. The first kappa shape index (κ1) is 11.3. The first-order chi connectivity index (χ1) is 9.28. The third-order valence-electron chi connectivity index (χ3n) is 2.57. The van der Waals surface area contributed by atoms with Crippen molar-refractivity contribution in [3.05, 3.63) is 35.8 Å². The summed E-state index contributed by atoms with van der Waals surface area (Å²) in [6, 6.07) is 9.67. The fraction of sp³-hybridized carbons (Fsp3) is 0.0833. The molecular formula is C12H10N6O. The highest BCUT2D eigenvalue weighted by atomic mass is 16.5. The van der Waals surface area contributed by atoms with E-state index in [9.17, 15) is 0 Å². The summed E-state index contributed by atoms with van der Waals surface area (Å²) in [7, 11) is 1.46. The van der Waals surface area contributed by atoms with Gasteiger partial charge >= 0.3 is 0 Å². The van der Waals surface area contributed by atoms with Gasteiger partial charge in [0.2, 0.25) is 5.65 Å². The van der Waals surface area contributed by atoms with Gasteiger partial charge in [-0.3, -0.25) is 10.4 Å². The maximum Gasteiger partial charge on any atom is 0.297 e. The number of rotatable bonds is 2. The van der Waals surface area contributed by atoms with E-state index in [1.807, 2.05) is 30.3 Å². The molecule has 0 saturated heterocycles. The Kier molecular flexibility index (Phi) is 2.64. The third kappa shape index (κ3) is 2.01. The first-order valence-electron chi connectivity index (χ1n) is 5.56. The standard InChI is InChI=1S/C12H10N6O/c1-19-12-15-9(13)8-11(16-12)18-17-10(14-8)7-5-3-2-4-6-7/h2-6H,1H3,(H2,13,15,16,18). The van der Waals surface area contributed by atoms with Crippen molar-refractivity contribution in [3.63, 3.8) is 0 Å². The summed E-state index contributed by atoms with van der Waals surface area (Å²) in [6.07, 6.45) is 0. The van der Waals surface area contributed by atoms with E-state index in [0.29, 0.717) is 11.3 Å². The molecule has 3 rings (SSSR count). The van der Waals surface area contributed by atoms with Gasteiger partial charge in [0.25, 0.3) is 6.01 Å². The second-order valence-corrected chi connectivity index (χ2v) is 3.79. The smallest absolute Gasteiger partial charge is 0.297 e. The van der Waals surface area contributed by atoms with Gasteiger partial charge in [0.1, 0.15) is 0 Å². The Hall–Kier alpha value is -2.83. The molecule has 0 radical (unpaired) electrons. The molecule has 0 atom stereocenters. The Morgan fingerprint density at radius 1 is 1.11 bits per heavy atom. The van der Waals surface area contributed by atoms with Crippen molar-refractivity contribution in [1.29, 1.82) is 5.41 Å². The molecule has 0 bridgehead atoms. The number of hydrogen-bond donors (Lipinski definition) is 2. The Morgan fingerprint density at radius 3 is 2.63 bits per heavy atom. The average molecular weight is 254 g/mol. The van der Waals surface area contributed by atoms with Gasteiger partial charge in [-0.25, -0.2) is 4.98 Å². The topological polar surface area (TPSA) is 100 Å². The van der Waals surface area contributed by atoms with Crippen molar-refractivity contribution in [1.82, 2.24) is 25.1 Å². The van der Waals surface area contributed by atoms with E-state index in [0.717, 1.165) is 5.56 Å². The fourth-order valence-corrected chi connectivity index (χ4v) is 1.66. The molecule has 0 unspecified atom stereocenters. The minimum Gasteiger partial charge on any atom is -0.468 e. The average Bonchev–Trinajstić information content (AvgIpc) is 2.47.